The molecule has 0 saturated carbocycles. The van der Waals surface area contributed by atoms with E-state index in [1.54, 1.807) is 19.2 Å². The third kappa shape index (κ3) is 2.90. The van der Waals surface area contributed by atoms with Crippen molar-refractivity contribution in [3.63, 3.8) is 0 Å². The van der Waals surface area contributed by atoms with Gasteiger partial charge in [-0.1, -0.05) is 12.1 Å². The highest BCUT2D eigenvalue weighted by Gasteiger charge is 2.41. The molecule has 3 atom stereocenters. The maximum atomic E-state index is 13.8. The lowest BCUT2D eigenvalue weighted by molar-refractivity contribution is -0.0384. The number of para-hydroxylation sites is 1. The van der Waals surface area contributed by atoms with Crippen LogP contribution in [0.3, 0.4) is 0 Å². The fourth-order valence-corrected chi connectivity index (χ4v) is 4.21. The van der Waals surface area contributed by atoms with Crippen LogP contribution in [-0.4, -0.2) is 20.3 Å². The normalized spacial score (nSPS) is 24.2. The van der Waals surface area contributed by atoms with Gasteiger partial charge in [-0.3, -0.25) is 0 Å². The number of ether oxygens (including phenoxy) is 3. The zero-order valence-corrected chi connectivity index (χ0v) is 15.1. The number of rotatable bonds is 4. The van der Waals surface area contributed by atoms with E-state index in [4.69, 9.17) is 14.2 Å². The number of nitrogens with one attached hydrogen (secondary N) is 1. The molecule has 26 heavy (non-hydrogen) atoms. The van der Waals surface area contributed by atoms with Crippen LogP contribution in [0.5, 0.6) is 11.5 Å². The summed E-state index contributed by atoms with van der Waals surface area (Å²) >= 11 is 0. The summed E-state index contributed by atoms with van der Waals surface area (Å²) in [6.45, 7) is 3.25. The molecule has 4 rings (SSSR count). The van der Waals surface area contributed by atoms with Gasteiger partial charge in [0.15, 0.2) is 11.5 Å². The summed E-state index contributed by atoms with van der Waals surface area (Å²) in [6, 6.07) is 10.9. The Hall–Kier alpha value is -2.27. The van der Waals surface area contributed by atoms with Crippen molar-refractivity contribution in [2.45, 2.75) is 31.9 Å². The van der Waals surface area contributed by atoms with E-state index in [0.29, 0.717) is 13.2 Å². The Bertz CT molecular complexity index is 795. The molecule has 2 aromatic carbocycles. The number of hydrogen-bond donors (Lipinski definition) is 1. The zero-order valence-electron chi connectivity index (χ0n) is 15.1. The van der Waals surface area contributed by atoms with E-state index in [9.17, 15) is 4.39 Å². The highest BCUT2D eigenvalue weighted by atomic mass is 19.1. The number of anilines is 1. The van der Waals surface area contributed by atoms with Crippen LogP contribution in [-0.2, 0) is 4.74 Å². The average molecular weight is 357 g/mol. The fourth-order valence-electron chi connectivity index (χ4n) is 4.21. The molecule has 3 unspecified atom stereocenters. The molecule has 0 amide bonds. The van der Waals surface area contributed by atoms with Crippen molar-refractivity contribution >= 4 is 5.69 Å². The summed E-state index contributed by atoms with van der Waals surface area (Å²) < 4.78 is 31.3. The molecule has 2 aliphatic rings. The van der Waals surface area contributed by atoms with Crippen LogP contribution in [0.25, 0.3) is 0 Å². The van der Waals surface area contributed by atoms with Crippen LogP contribution in [0.4, 0.5) is 10.1 Å². The molecular weight excluding hydrogens is 333 g/mol. The van der Waals surface area contributed by atoms with Gasteiger partial charge in [-0.15, -0.1) is 0 Å². The molecule has 4 nitrogen and oxygen atoms in total. The molecule has 0 aromatic heterocycles. The maximum absolute atomic E-state index is 13.8. The Morgan fingerprint density at radius 1 is 1.23 bits per heavy atom. The van der Waals surface area contributed by atoms with E-state index in [1.165, 1.54) is 6.07 Å². The molecule has 2 aromatic rings. The minimum Gasteiger partial charge on any atom is -0.492 e. The van der Waals surface area contributed by atoms with E-state index in [1.807, 2.05) is 19.1 Å². The van der Waals surface area contributed by atoms with Gasteiger partial charge in [0.05, 0.1) is 25.9 Å². The van der Waals surface area contributed by atoms with Crippen molar-refractivity contribution in [2.75, 3.05) is 25.6 Å². The van der Waals surface area contributed by atoms with Gasteiger partial charge in [-0.05, 0) is 44.0 Å². The monoisotopic (exact) mass is 357 g/mol. The van der Waals surface area contributed by atoms with Gasteiger partial charge in [0.25, 0.3) is 0 Å². The van der Waals surface area contributed by atoms with Crippen molar-refractivity contribution in [1.29, 1.82) is 0 Å². The Labute approximate surface area is 153 Å². The Kier molecular flexibility index (Phi) is 4.72. The summed E-state index contributed by atoms with van der Waals surface area (Å²) in [4.78, 5) is 0. The largest absolute Gasteiger partial charge is 0.492 e. The van der Waals surface area contributed by atoms with Crippen LogP contribution in [0, 0.1) is 11.7 Å². The average Bonchev–Trinajstić information content (AvgIpc) is 2.67. The Morgan fingerprint density at radius 2 is 2.12 bits per heavy atom. The van der Waals surface area contributed by atoms with Gasteiger partial charge in [-0.2, -0.15) is 0 Å². The second-order valence-electron chi connectivity index (χ2n) is 6.76. The number of halogens is 1. The molecule has 1 fully saturated rings. The summed E-state index contributed by atoms with van der Waals surface area (Å²) in [5.41, 5.74) is 2.88. The van der Waals surface area contributed by atoms with Gasteiger partial charge in [0.1, 0.15) is 5.82 Å². The SMILES string of the molecule is CCOc1cccc(C2Nc3ccc(F)cc3C3OCCCC23)c1OC. The Morgan fingerprint density at radius 3 is 2.92 bits per heavy atom. The van der Waals surface area contributed by atoms with Crippen LogP contribution < -0.4 is 14.8 Å². The first-order valence-electron chi connectivity index (χ1n) is 9.20. The van der Waals surface area contributed by atoms with Gasteiger partial charge in [-0.25, -0.2) is 4.39 Å². The zero-order chi connectivity index (χ0) is 18.1. The highest BCUT2D eigenvalue weighted by Crippen LogP contribution is 2.51. The molecular formula is C21H24FNO3. The van der Waals surface area contributed by atoms with Crippen molar-refractivity contribution in [3.05, 3.63) is 53.3 Å². The summed E-state index contributed by atoms with van der Waals surface area (Å²) in [5.74, 6) is 1.48. The number of methoxy groups -OCH3 is 1. The molecule has 0 radical (unpaired) electrons. The van der Waals surface area contributed by atoms with Crippen LogP contribution in [0.2, 0.25) is 0 Å². The molecule has 138 valence electrons. The first-order valence-corrected chi connectivity index (χ1v) is 9.20. The molecule has 5 heteroatoms. The van der Waals surface area contributed by atoms with Crippen molar-refractivity contribution in [3.8, 4) is 11.5 Å². The van der Waals surface area contributed by atoms with E-state index < -0.39 is 0 Å². The van der Waals surface area contributed by atoms with Crippen LogP contribution >= 0.6 is 0 Å². The van der Waals surface area contributed by atoms with E-state index >= 15 is 0 Å². The third-order valence-corrected chi connectivity index (χ3v) is 5.28. The van der Waals surface area contributed by atoms with Gasteiger partial charge in [0.2, 0.25) is 0 Å². The Balaban J connectivity index is 1.79. The molecule has 1 saturated heterocycles. The van der Waals surface area contributed by atoms with Crippen LogP contribution in [0.1, 0.15) is 43.0 Å². The van der Waals surface area contributed by atoms with Crippen LogP contribution in [0.15, 0.2) is 36.4 Å². The van der Waals surface area contributed by atoms with Gasteiger partial charge in [0, 0.05) is 29.3 Å². The van der Waals surface area contributed by atoms with E-state index in [2.05, 4.69) is 11.4 Å². The smallest absolute Gasteiger partial charge is 0.165 e. The minimum absolute atomic E-state index is 0.0219. The lowest BCUT2D eigenvalue weighted by Crippen LogP contribution is -2.36. The molecule has 0 bridgehead atoms. The third-order valence-electron chi connectivity index (χ3n) is 5.28. The lowest BCUT2D eigenvalue weighted by atomic mass is 9.77. The standard InChI is InChI=1S/C21H24FNO3/c1-3-25-18-8-4-6-15(21(18)24-2)19-14-7-5-11-26-20(14)16-12-13(22)9-10-17(16)23-19/h4,6,8-10,12,14,19-20,23H,3,5,7,11H2,1-2H3. The molecule has 0 aliphatic carbocycles. The van der Waals surface area contributed by atoms with E-state index in [0.717, 1.165) is 41.2 Å². The van der Waals surface area contributed by atoms with Crippen molar-refractivity contribution in [1.82, 2.24) is 0 Å². The van der Waals surface area contributed by atoms with Crippen molar-refractivity contribution in [2.24, 2.45) is 5.92 Å². The summed E-state index contributed by atoms with van der Waals surface area (Å²) in [6.07, 6.45) is 1.90. The molecule has 2 aliphatic heterocycles. The fraction of sp³-hybridized carbons (Fsp3) is 0.429. The van der Waals surface area contributed by atoms with Crippen molar-refractivity contribution < 1.29 is 18.6 Å². The quantitative estimate of drug-likeness (QED) is 0.848. The minimum atomic E-state index is -0.229. The highest BCUT2D eigenvalue weighted by molar-refractivity contribution is 5.59. The first-order chi connectivity index (χ1) is 12.7. The van der Waals surface area contributed by atoms with E-state index in [-0.39, 0.29) is 23.9 Å². The molecule has 0 spiro atoms. The second-order valence-corrected chi connectivity index (χ2v) is 6.76. The number of benzene rings is 2. The predicted molar refractivity (Wildman–Crippen MR) is 98.3 cm³/mol. The summed E-state index contributed by atoms with van der Waals surface area (Å²) in [7, 11) is 1.67. The topological polar surface area (TPSA) is 39.7 Å². The number of hydrogen-bond acceptors (Lipinski definition) is 4. The molecule has 1 N–H and O–H groups in total. The summed E-state index contributed by atoms with van der Waals surface area (Å²) in [5, 5.41) is 3.60. The number of fused-ring (bicyclic) bond motifs is 3. The molecule has 2 heterocycles. The van der Waals surface area contributed by atoms with Gasteiger partial charge < -0.3 is 19.5 Å². The predicted octanol–water partition coefficient (Wildman–Crippen LogP) is 4.87. The second kappa shape index (κ2) is 7.16. The lowest BCUT2D eigenvalue weighted by Gasteiger charge is -2.43. The maximum Gasteiger partial charge on any atom is 0.165 e. The van der Waals surface area contributed by atoms with Gasteiger partial charge >= 0.3 is 0 Å². The first kappa shape index (κ1) is 17.2.